The lowest BCUT2D eigenvalue weighted by Gasteiger charge is -2.26. The fraction of sp³-hybridized carbons (Fsp3) is 0.435. The molecular formula is C23H27ClN4O2S. The van der Waals surface area contributed by atoms with Gasteiger partial charge < -0.3 is 9.80 Å². The minimum atomic E-state index is -0.356. The van der Waals surface area contributed by atoms with E-state index in [4.69, 9.17) is 11.6 Å². The molecule has 2 aliphatic heterocycles. The molecule has 1 atom stereocenters. The predicted octanol–water partition coefficient (Wildman–Crippen LogP) is 3.74. The van der Waals surface area contributed by atoms with E-state index in [-0.39, 0.29) is 17.9 Å². The third-order valence-electron chi connectivity index (χ3n) is 5.98. The molecule has 0 spiro atoms. The first kappa shape index (κ1) is 22.0. The number of aryl methyl sites for hydroxylation is 1. The summed E-state index contributed by atoms with van der Waals surface area (Å²) >= 11 is 7.93. The third kappa shape index (κ3) is 4.67. The van der Waals surface area contributed by atoms with Gasteiger partial charge in [-0.2, -0.15) is 5.10 Å². The number of rotatable bonds is 5. The quantitative estimate of drug-likeness (QED) is 0.640. The van der Waals surface area contributed by atoms with E-state index in [1.54, 1.807) is 22.7 Å². The van der Waals surface area contributed by atoms with Crippen LogP contribution >= 0.6 is 23.4 Å². The Morgan fingerprint density at radius 3 is 2.71 bits per heavy atom. The molecule has 1 aromatic heterocycles. The van der Waals surface area contributed by atoms with Gasteiger partial charge in [0.1, 0.15) is 6.04 Å². The molecular weight excluding hydrogens is 432 g/mol. The Morgan fingerprint density at radius 1 is 1.23 bits per heavy atom. The van der Waals surface area contributed by atoms with Gasteiger partial charge in [0.25, 0.3) is 0 Å². The van der Waals surface area contributed by atoms with Crippen molar-refractivity contribution in [1.29, 1.82) is 0 Å². The summed E-state index contributed by atoms with van der Waals surface area (Å²) in [5.74, 6) is 1.18. The lowest BCUT2D eigenvalue weighted by atomic mass is 10.1. The number of nitrogens with zero attached hydrogens (tertiary/aromatic N) is 4. The summed E-state index contributed by atoms with van der Waals surface area (Å²) in [7, 11) is 0. The van der Waals surface area contributed by atoms with Crippen LogP contribution in [0.2, 0.25) is 5.02 Å². The second-order valence-corrected chi connectivity index (χ2v) is 9.43. The summed E-state index contributed by atoms with van der Waals surface area (Å²) in [6.07, 6.45) is 5.50. The van der Waals surface area contributed by atoms with Crippen molar-refractivity contribution >= 4 is 41.3 Å². The van der Waals surface area contributed by atoms with E-state index in [0.29, 0.717) is 23.2 Å². The average molecular weight is 459 g/mol. The number of carbonyl (C=O) groups is 2. The fourth-order valence-electron chi connectivity index (χ4n) is 4.16. The fourth-order valence-corrected chi connectivity index (χ4v) is 5.51. The molecule has 4 rings (SSSR count). The van der Waals surface area contributed by atoms with E-state index in [0.717, 1.165) is 48.4 Å². The lowest BCUT2D eigenvalue weighted by Crippen LogP contribution is -2.47. The lowest BCUT2D eigenvalue weighted by molar-refractivity contribution is -0.140. The van der Waals surface area contributed by atoms with Gasteiger partial charge in [-0.1, -0.05) is 29.8 Å². The molecule has 0 aliphatic carbocycles. The zero-order chi connectivity index (χ0) is 22.0. The van der Waals surface area contributed by atoms with Crippen LogP contribution in [0.3, 0.4) is 0 Å². The summed E-state index contributed by atoms with van der Waals surface area (Å²) in [6, 6.07) is 7.37. The Kier molecular flexibility index (Phi) is 6.72. The summed E-state index contributed by atoms with van der Waals surface area (Å²) in [4.78, 5) is 29.3. The Hall–Kier alpha value is -2.25. The van der Waals surface area contributed by atoms with Crippen LogP contribution in [-0.2, 0) is 16.1 Å². The number of benzene rings is 1. The van der Waals surface area contributed by atoms with Crippen molar-refractivity contribution in [1.82, 2.24) is 19.6 Å². The van der Waals surface area contributed by atoms with Crippen molar-refractivity contribution in [2.45, 2.75) is 39.3 Å². The number of amides is 2. The topological polar surface area (TPSA) is 58.4 Å². The molecule has 3 heterocycles. The van der Waals surface area contributed by atoms with E-state index in [1.165, 1.54) is 0 Å². The number of aromatic nitrogens is 2. The van der Waals surface area contributed by atoms with E-state index < -0.39 is 0 Å². The molecule has 2 aliphatic rings. The smallest absolute Gasteiger partial charge is 0.247 e. The normalized spacial score (nSPS) is 19.0. The van der Waals surface area contributed by atoms with E-state index >= 15 is 0 Å². The largest absolute Gasteiger partial charge is 0.341 e. The van der Waals surface area contributed by atoms with Crippen LogP contribution in [0.25, 0.3) is 6.08 Å². The first-order valence-electron chi connectivity index (χ1n) is 10.6. The molecule has 1 aromatic carbocycles. The zero-order valence-corrected chi connectivity index (χ0v) is 19.5. The number of thioether (sulfide) groups is 1. The molecule has 0 N–H and O–H groups in total. The highest BCUT2D eigenvalue weighted by molar-refractivity contribution is 7.99. The van der Waals surface area contributed by atoms with E-state index in [2.05, 4.69) is 5.10 Å². The maximum atomic E-state index is 12.9. The molecule has 164 valence electrons. The zero-order valence-electron chi connectivity index (χ0n) is 17.9. The second kappa shape index (κ2) is 9.49. The molecule has 1 unspecified atom stereocenters. The van der Waals surface area contributed by atoms with Crippen LogP contribution in [0.5, 0.6) is 0 Å². The number of carbonyl (C=O) groups excluding carboxylic acids is 2. The van der Waals surface area contributed by atoms with Gasteiger partial charge in [-0.15, -0.1) is 11.8 Å². The second-order valence-electron chi connectivity index (χ2n) is 8.02. The Bertz CT molecular complexity index is 1010. The summed E-state index contributed by atoms with van der Waals surface area (Å²) in [5.41, 5.74) is 3.75. The summed E-state index contributed by atoms with van der Waals surface area (Å²) in [5, 5.41) is 5.35. The van der Waals surface area contributed by atoms with Crippen molar-refractivity contribution in [3.63, 3.8) is 0 Å². The van der Waals surface area contributed by atoms with Crippen molar-refractivity contribution in [2.24, 2.45) is 0 Å². The Morgan fingerprint density at radius 2 is 1.97 bits per heavy atom. The molecule has 8 heteroatoms. The number of hydrogen-bond donors (Lipinski definition) is 0. The molecule has 2 fully saturated rings. The molecule has 0 radical (unpaired) electrons. The van der Waals surface area contributed by atoms with E-state index in [1.807, 2.05) is 53.8 Å². The highest BCUT2D eigenvalue weighted by Crippen LogP contribution is 2.25. The van der Waals surface area contributed by atoms with E-state index in [9.17, 15) is 9.59 Å². The first-order valence-corrected chi connectivity index (χ1v) is 12.1. The minimum absolute atomic E-state index is 0.0872. The molecule has 6 nitrogen and oxygen atoms in total. The van der Waals surface area contributed by atoms with Gasteiger partial charge in [-0.25, -0.2) is 0 Å². The Balaban J connectivity index is 1.48. The summed E-state index contributed by atoms with van der Waals surface area (Å²) in [6.45, 7) is 6.11. The number of likely N-dealkylation sites (tertiary alicyclic amines) is 1. The predicted molar refractivity (Wildman–Crippen MR) is 125 cm³/mol. The monoisotopic (exact) mass is 458 g/mol. The van der Waals surface area contributed by atoms with Gasteiger partial charge in [0.2, 0.25) is 11.8 Å². The molecule has 2 saturated heterocycles. The van der Waals surface area contributed by atoms with Crippen molar-refractivity contribution in [2.75, 3.05) is 24.7 Å². The maximum Gasteiger partial charge on any atom is 0.247 e. The number of hydrogen-bond acceptors (Lipinski definition) is 4. The van der Waals surface area contributed by atoms with Gasteiger partial charge >= 0.3 is 0 Å². The van der Waals surface area contributed by atoms with Crippen LogP contribution in [-0.4, -0.2) is 62.2 Å². The van der Waals surface area contributed by atoms with Crippen LogP contribution in [0.1, 0.15) is 35.4 Å². The highest BCUT2D eigenvalue weighted by Gasteiger charge is 2.36. The summed E-state index contributed by atoms with van der Waals surface area (Å²) < 4.78 is 1.91. The van der Waals surface area contributed by atoms with Crippen LogP contribution < -0.4 is 0 Å². The van der Waals surface area contributed by atoms with Gasteiger partial charge in [0, 0.05) is 41.2 Å². The highest BCUT2D eigenvalue weighted by atomic mass is 35.5. The molecule has 31 heavy (non-hydrogen) atoms. The van der Waals surface area contributed by atoms with Gasteiger partial charge in [-0.05, 0) is 44.4 Å². The molecule has 0 bridgehead atoms. The van der Waals surface area contributed by atoms with Gasteiger partial charge in [-0.3, -0.25) is 14.3 Å². The molecule has 2 amide bonds. The van der Waals surface area contributed by atoms with Crippen LogP contribution in [0, 0.1) is 13.8 Å². The van der Waals surface area contributed by atoms with Crippen LogP contribution in [0.4, 0.5) is 0 Å². The average Bonchev–Trinajstić information content (AvgIpc) is 3.50. The van der Waals surface area contributed by atoms with Gasteiger partial charge in [0.05, 0.1) is 18.1 Å². The SMILES string of the molecule is Cc1nn(Cc2ccccc2Cl)c(C)c1/C=C/C(=O)N1CSCC1C(=O)N1CCCC1. The van der Waals surface area contributed by atoms with Crippen molar-refractivity contribution in [3.8, 4) is 0 Å². The minimum Gasteiger partial charge on any atom is -0.341 e. The number of halogens is 1. The maximum absolute atomic E-state index is 12.9. The molecule has 2 aromatic rings. The third-order valence-corrected chi connectivity index (χ3v) is 7.36. The Labute approximate surface area is 192 Å². The van der Waals surface area contributed by atoms with Crippen LogP contribution in [0.15, 0.2) is 30.3 Å². The standard InChI is InChI=1S/C23H27ClN4O2S/c1-16-19(17(2)28(25-16)13-18-7-3-4-8-20(18)24)9-10-22(29)27-15-31-14-21(27)23(30)26-11-5-6-12-26/h3-4,7-10,21H,5-6,11-15H2,1-2H3/b10-9+. The van der Waals surface area contributed by atoms with Crippen molar-refractivity contribution < 1.29 is 9.59 Å². The molecule has 0 saturated carbocycles. The first-order chi connectivity index (χ1) is 15.0. The van der Waals surface area contributed by atoms with Crippen molar-refractivity contribution in [3.05, 3.63) is 57.9 Å². The van der Waals surface area contributed by atoms with Gasteiger partial charge in [0.15, 0.2) is 0 Å².